The van der Waals surface area contributed by atoms with Crippen molar-refractivity contribution in [2.45, 2.75) is 25.0 Å². The smallest absolute Gasteiger partial charge is 0.129 e. The topological polar surface area (TPSA) is 33.6 Å². The van der Waals surface area contributed by atoms with E-state index >= 15 is 0 Å². The fourth-order valence-corrected chi connectivity index (χ4v) is 6.09. The number of anilines is 1. The number of benzene rings is 5. The molecule has 3 nitrogen and oxygen atoms in total. The molecule has 0 spiro atoms. The molecule has 0 fully saturated rings. The van der Waals surface area contributed by atoms with Crippen LogP contribution in [0.2, 0.25) is 0 Å². The van der Waals surface area contributed by atoms with Gasteiger partial charge in [-0.05, 0) is 64.6 Å². The molecule has 7 rings (SSSR count). The van der Waals surface area contributed by atoms with Gasteiger partial charge in [-0.1, -0.05) is 91.0 Å². The van der Waals surface area contributed by atoms with Gasteiger partial charge in [0.25, 0.3) is 0 Å². The number of hydrogen-bond acceptors (Lipinski definition) is 3. The quantitative estimate of drug-likeness (QED) is 0.177. The Bertz CT molecular complexity index is 1740. The molecular formula is C36H29FN2O. The summed E-state index contributed by atoms with van der Waals surface area (Å²) in [5.74, 6) is 1.37. The van der Waals surface area contributed by atoms with Crippen LogP contribution in [0.1, 0.15) is 40.6 Å². The van der Waals surface area contributed by atoms with E-state index < -0.39 is 0 Å². The van der Waals surface area contributed by atoms with Gasteiger partial charge in [-0.25, -0.2) is 4.39 Å². The number of nitrogens with zero attached hydrogens (tertiary/aromatic N) is 1. The highest BCUT2D eigenvalue weighted by Crippen LogP contribution is 2.49. The molecule has 0 amide bonds. The van der Waals surface area contributed by atoms with E-state index in [0.717, 1.165) is 28.4 Å². The first kappa shape index (κ1) is 24.3. The summed E-state index contributed by atoms with van der Waals surface area (Å²) in [6.45, 7) is 0.148. The van der Waals surface area contributed by atoms with Crippen LogP contribution in [-0.4, -0.2) is 6.21 Å². The number of allylic oxidation sites excluding steroid dienone is 2. The van der Waals surface area contributed by atoms with Gasteiger partial charge in [0.15, 0.2) is 0 Å². The number of aliphatic imine (C=N–C) groups is 1. The van der Waals surface area contributed by atoms with E-state index in [-0.39, 0.29) is 18.5 Å². The van der Waals surface area contributed by atoms with Gasteiger partial charge in [0.1, 0.15) is 18.2 Å². The largest absolute Gasteiger partial charge is 0.488 e. The van der Waals surface area contributed by atoms with Gasteiger partial charge < -0.3 is 10.1 Å². The monoisotopic (exact) mass is 524 g/mol. The second-order valence-corrected chi connectivity index (χ2v) is 10.5. The number of fused-ring (bicyclic) bond motifs is 4. The van der Waals surface area contributed by atoms with Crippen molar-refractivity contribution in [2.75, 3.05) is 5.32 Å². The van der Waals surface area contributed by atoms with Gasteiger partial charge in [-0.3, -0.25) is 4.99 Å². The van der Waals surface area contributed by atoms with Gasteiger partial charge >= 0.3 is 0 Å². The minimum Gasteiger partial charge on any atom is -0.488 e. The predicted octanol–water partition coefficient (Wildman–Crippen LogP) is 9.13. The highest BCUT2D eigenvalue weighted by atomic mass is 19.1. The van der Waals surface area contributed by atoms with Crippen molar-refractivity contribution < 1.29 is 9.13 Å². The Labute approximate surface area is 233 Å². The van der Waals surface area contributed by atoms with Crippen molar-refractivity contribution in [3.63, 3.8) is 0 Å². The molecule has 5 aromatic rings. The van der Waals surface area contributed by atoms with Gasteiger partial charge in [0.2, 0.25) is 0 Å². The molecule has 1 aliphatic heterocycles. The van der Waals surface area contributed by atoms with Crippen LogP contribution in [0.25, 0.3) is 10.8 Å². The zero-order valence-electron chi connectivity index (χ0n) is 22.0. The van der Waals surface area contributed by atoms with Crippen LogP contribution in [0.4, 0.5) is 15.8 Å². The van der Waals surface area contributed by atoms with Crippen LogP contribution in [-0.2, 0) is 6.61 Å². The fraction of sp³-hybridized carbons (Fsp3) is 0.139. The first-order valence-electron chi connectivity index (χ1n) is 13.8. The Balaban J connectivity index is 1.16. The molecule has 0 radical (unpaired) electrons. The molecule has 2 aliphatic rings. The lowest BCUT2D eigenvalue weighted by Gasteiger charge is -2.37. The average molecular weight is 525 g/mol. The summed E-state index contributed by atoms with van der Waals surface area (Å²) < 4.78 is 20.3. The lowest BCUT2D eigenvalue weighted by atomic mass is 9.77. The van der Waals surface area contributed by atoms with Crippen molar-refractivity contribution in [1.29, 1.82) is 0 Å². The molecule has 1 aliphatic carbocycles. The van der Waals surface area contributed by atoms with Gasteiger partial charge in [-0.15, -0.1) is 0 Å². The van der Waals surface area contributed by atoms with Crippen molar-refractivity contribution in [3.8, 4) is 5.75 Å². The minimum atomic E-state index is -0.269. The molecule has 40 heavy (non-hydrogen) atoms. The zero-order chi connectivity index (χ0) is 26.9. The molecule has 0 saturated carbocycles. The summed E-state index contributed by atoms with van der Waals surface area (Å²) in [5.41, 5.74) is 6.15. The number of halogens is 1. The number of hydrogen-bond donors (Lipinski definition) is 1. The summed E-state index contributed by atoms with van der Waals surface area (Å²) in [6.07, 6.45) is 7.63. The first-order chi connectivity index (χ1) is 19.7. The van der Waals surface area contributed by atoms with E-state index in [2.05, 4.69) is 78.1 Å². The molecule has 3 atom stereocenters. The van der Waals surface area contributed by atoms with Crippen LogP contribution < -0.4 is 10.1 Å². The Morgan fingerprint density at radius 3 is 2.55 bits per heavy atom. The Morgan fingerprint density at radius 2 is 1.65 bits per heavy atom. The van der Waals surface area contributed by atoms with E-state index in [1.54, 1.807) is 12.1 Å². The maximum Gasteiger partial charge on any atom is 0.129 e. The summed E-state index contributed by atoms with van der Waals surface area (Å²) >= 11 is 0. The molecule has 0 unspecified atom stereocenters. The zero-order valence-corrected chi connectivity index (χ0v) is 22.0. The maximum atomic E-state index is 14.2. The molecule has 1 N–H and O–H groups in total. The standard InChI is InChI=1S/C36H29FN2O/c37-33-14-5-2-9-26(33)23-40-35-21-18-24-8-1-3-10-28(24)32(35)22-38-27-19-16-25(17-20-27)36-31-13-7-12-29(31)30-11-4-6-15-34(30)39-36/h1-12,14-22,29,31,36,39H,13,23H2/t29-,31+,36+/m1/s1. The van der Waals surface area contributed by atoms with Crippen LogP contribution in [0, 0.1) is 11.7 Å². The van der Waals surface area contributed by atoms with E-state index in [1.165, 1.54) is 22.9 Å². The second-order valence-electron chi connectivity index (χ2n) is 10.5. The maximum absolute atomic E-state index is 14.2. The molecule has 0 bridgehead atoms. The van der Waals surface area contributed by atoms with Gasteiger partial charge in [-0.2, -0.15) is 0 Å². The first-order valence-corrected chi connectivity index (χ1v) is 13.8. The highest BCUT2D eigenvalue weighted by molar-refractivity contribution is 6.03. The predicted molar refractivity (Wildman–Crippen MR) is 161 cm³/mol. The van der Waals surface area contributed by atoms with Crippen molar-refractivity contribution in [3.05, 3.63) is 149 Å². The molecule has 1 heterocycles. The number of nitrogens with one attached hydrogen (secondary N) is 1. The van der Waals surface area contributed by atoms with Crippen LogP contribution in [0.15, 0.2) is 126 Å². The van der Waals surface area contributed by atoms with Crippen molar-refractivity contribution >= 4 is 28.4 Å². The van der Waals surface area contributed by atoms with Gasteiger partial charge in [0, 0.05) is 28.9 Å². The normalized spacial score (nSPS) is 19.4. The third-order valence-electron chi connectivity index (χ3n) is 8.14. The lowest BCUT2D eigenvalue weighted by Crippen LogP contribution is -2.28. The number of para-hydroxylation sites is 1. The highest BCUT2D eigenvalue weighted by Gasteiger charge is 2.37. The van der Waals surface area contributed by atoms with Crippen molar-refractivity contribution in [1.82, 2.24) is 0 Å². The molecule has 5 aromatic carbocycles. The average Bonchev–Trinajstić information content (AvgIpc) is 3.50. The fourth-order valence-electron chi connectivity index (χ4n) is 6.09. The van der Waals surface area contributed by atoms with Crippen LogP contribution >= 0.6 is 0 Å². The van der Waals surface area contributed by atoms with Crippen LogP contribution in [0.3, 0.4) is 0 Å². The van der Waals surface area contributed by atoms with E-state index in [1.807, 2.05) is 36.5 Å². The molecule has 0 aromatic heterocycles. The number of rotatable bonds is 6. The van der Waals surface area contributed by atoms with E-state index in [4.69, 9.17) is 9.73 Å². The molecule has 196 valence electrons. The third-order valence-corrected chi connectivity index (χ3v) is 8.14. The molecule has 4 heteroatoms. The lowest BCUT2D eigenvalue weighted by molar-refractivity contribution is 0.300. The molecule has 0 saturated heterocycles. The summed E-state index contributed by atoms with van der Waals surface area (Å²) in [6, 6.07) is 36.3. The van der Waals surface area contributed by atoms with Crippen molar-refractivity contribution in [2.24, 2.45) is 10.9 Å². The van der Waals surface area contributed by atoms with Gasteiger partial charge in [0.05, 0.1) is 11.7 Å². The Morgan fingerprint density at radius 1 is 0.850 bits per heavy atom. The molecular weight excluding hydrogens is 495 g/mol. The SMILES string of the molecule is Fc1ccccc1COc1ccc2ccccc2c1C=Nc1ccc([C@@H]2Nc3ccccc3[C@H]3C=CC[C@@H]32)cc1. The summed E-state index contributed by atoms with van der Waals surface area (Å²) in [7, 11) is 0. The van der Waals surface area contributed by atoms with E-state index in [0.29, 0.717) is 23.1 Å². The Hall–Kier alpha value is -4.70. The number of ether oxygens (including phenoxy) is 1. The third kappa shape index (κ3) is 4.56. The second kappa shape index (κ2) is 10.5. The van der Waals surface area contributed by atoms with Crippen LogP contribution in [0.5, 0.6) is 5.75 Å². The summed E-state index contributed by atoms with van der Waals surface area (Å²) in [4.78, 5) is 4.84. The minimum absolute atomic E-state index is 0.148. The Kier molecular flexibility index (Phi) is 6.37. The van der Waals surface area contributed by atoms with E-state index in [9.17, 15) is 4.39 Å². The summed E-state index contributed by atoms with van der Waals surface area (Å²) in [5, 5.41) is 5.94.